The molecular weight excluding hydrogens is 380 g/mol. The summed E-state index contributed by atoms with van der Waals surface area (Å²) in [6, 6.07) is 14.6. The molecule has 4 rings (SSSR count). The number of nitrogens with one attached hydrogen (secondary N) is 2. The minimum Gasteiger partial charge on any atom is -0.508 e. The van der Waals surface area contributed by atoms with Crippen LogP contribution in [0.2, 0.25) is 0 Å². The van der Waals surface area contributed by atoms with Gasteiger partial charge in [-0.1, -0.05) is 29.8 Å². The number of phenolic OH excluding ortho intramolecular Hbond substituents is 1. The summed E-state index contributed by atoms with van der Waals surface area (Å²) in [5, 5.41) is 20.1. The Kier molecular flexibility index (Phi) is 5.27. The van der Waals surface area contributed by atoms with E-state index in [0.29, 0.717) is 12.2 Å². The highest BCUT2D eigenvalue weighted by Gasteiger charge is 2.43. The second-order valence-electron chi connectivity index (χ2n) is 7.72. The first-order valence-corrected chi connectivity index (χ1v) is 9.90. The Morgan fingerprint density at radius 3 is 2.63 bits per heavy atom. The number of carbonyl (C=O) groups is 2. The summed E-state index contributed by atoms with van der Waals surface area (Å²) in [4.78, 5) is 24.0. The van der Waals surface area contributed by atoms with Crippen LogP contribution < -0.4 is 10.6 Å². The molecule has 2 aromatic carbocycles. The summed E-state index contributed by atoms with van der Waals surface area (Å²) >= 11 is 0. The molecule has 0 bridgehead atoms. The molecule has 154 valence electrons. The lowest BCUT2D eigenvalue weighted by molar-refractivity contribution is -0.114. The van der Waals surface area contributed by atoms with E-state index in [2.05, 4.69) is 15.7 Å². The maximum Gasteiger partial charge on any atom is 0.342 e. The highest BCUT2D eigenvalue weighted by Crippen LogP contribution is 2.56. The van der Waals surface area contributed by atoms with Crippen LogP contribution >= 0.6 is 0 Å². The lowest BCUT2D eigenvalue weighted by Gasteiger charge is -2.10. The number of nitrogens with zero attached hydrogens (tertiary/aromatic N) is 2. The smallest absolute Gasteiger partial charge is 0.342 e. The van der Waals surface area contributed by atoms with Crippen LogP contribution in [0.15, 0.2) is 54.7 Å². The van der Waals surface area contributed by atoms with Crippen LogP contribution in [0.25, 0.3) is 0 Å². The monoisotopic (exact) mass is 404 g/mol. The largest absolute Gasteiger partial charge is 0.508 e. The standard InChI is InChI=1S/C23H24N4O3/c1-14-3-5-16(6-4-14)13-24-23(30)27-21(9-10-25-27)19-12-18(19)20-11-17(26-15(2)28)7-8-22(20)29/h3-11,18-19,29H,12-13H2,1-2H3,(H,24,30)(H,26,28). The third-order valence-electron chi connectivity index (χ3n) is 5.35. The van der Waals surface area contributed by atoms with Crippen LogP contribution in [-0.4, -0.2) is 26.8 Å². The third-order valence-corrected chi connectivity index (χ3v) is 5.35. The van der Waals surface area contributed by atoms with Crippen molar-refractivity contribution in [1.29, 1.82) is 0 Å². The molecule has 1 heterocycles. The van der Waals surface area contributed by atoms with Gasteiger partial charge in [0.2, 0.25) is 5.91 Å². The van der Waals surface area contributed by atoms with Crippen molar-refractivity contribution in [3.63, 3.8) is 0 Å². The molecule has 0 aliphatic heterocycles. The molecule has 2 atom stereocenters. The Morgan fingerprint density at radius 2 is 1.90 bits per heavy atom. The second kappa shape index (κ2) is 8.02. The van der Waals surface area contributed by atoms with E-state index in [9.17, 15) is 14.7 Å². The first-order valence-electron chi connectivity index (χ1n) is 9.90. The zero-order valence-electron chi connectivity index (χ0n) is 16.9. The van der Waals surface area contributed by atoms with Crippen molar-refractivity contribution < 1.29 is 14.7 Å². The first-order chi connectivity index (χ1) is 14.4. The van der Waals surface area contributed by atoms with E-state index >= 15 is 0 Å². The number of hydrogen-bond acceptors (Lipinski definition) is 4. The van der Waals surface area contributed by atoms with Gasteiger partial charge < -0.3 is 15.7 Å². The highest BCUT2D eigenvalue weighted by atomic mass is 16.3. The Labute approximate surface area is 174 Å². The van der Waals surface area contributed by atoms with Gasteiger partial charge in [0.1, 0.15) is 5.75 Å². The maximum atomic E-state index is 12.7. The summed E-state index contributed by atoms with van der Waals surface area (Å²) in [7, 11) is 0. The van der Waals surface area contributed by atoms with Crippen LogP contribution in [-0.2, 0) is 11.3 Å². The van der Waals surface area contributed by atoms with E-state index in [-0.39, 0.29) is 29.5 Å². The summed E-state index contributed by atoms with van der Waals surface area (Å²) in [6.45, 7) is 3.89. The lowest BCUT2D eigenvalue weighted by atomic mass is 10.1. The quantitative estimate of drug-likeness (QED) is 0.562. The van der Waals surface area contributed by atoms with E-state index in [4.69, 9.17) is 0 Å². The van der Waals surface area contributed by atoms with Crippen molar-refractivity contribution in [3.8, 4) is 5.75 Å². The topological polar surface area (TPSA) is 96.2 Å². The number of hydrogen-bond donors (Lipinski definition) is 3. The SMILES string of the molecule is CC(=O)Nc1ccc(O)c(C2CC2c2ccnn2C(=O)NCc2ccc(C)cc2)c1. The summed E-state index contributed by atoms with van der Waals surface area (Å²) in [5.41, 5.74) is 4.41. The fraction of sp³-hybridized carbons (Fsp3) is 0.261. The molecule has 1 saturated carbocycles. The lowest BCUT2D eigenvalue weighted by Crippen LogP contribution is -2.30. The Hall–Kier alpha value is -3.61. The molecule has 1 aromatic heterocycles. The molecule has 30 heavy (non-hydrogen) atoms. The number of carbonyl (C=O) groups excluding carboxylic acids is 2. The summed E-state index contributed by atoms with van der Waals surface area (Å²) < 4.78 is 1.40. The van der Waals surface area contributed by atoms with Crippen LogP contribution in [0.4, 0.5) is 10.5 Å². The van der Waals surface area contributed by atoms with Crippen molar-refractivity contribution in [3.05, 3.63) is 77.1 Å². The second-order valence-corrected chi connectivity index (χ2v) is 7.72. The molecule has 0 saturated heterocycles. The van der Waals surface area contributed by atoms with Crippen LogP contribution in [0.1, 0.15) is 47.6 Å². The number of phenols is 1. The van der Waals surface area contributed by atoms with E-state index < -0.39 is 0 Å². The normalized spacial score (nSPS) is 17.4. The molecule has 1 fully saturated rings. The predicted octanol–water partition coefficient (Wildman–Crippen LogP) is 3.88. The summed E-state index contributed by atoms with van der Waals surface area (Å²) in [5.74, 6) is 0.170. The van der Waals surface area contributed by atoms with Gasteiger partial charge in [0.05, 0.1) is 5.69 Å². The first kappa shape index (κ1) is 19.7. The van der Waals surface area contributed by atoms with Crippen molar-refractivity contribution in [2.24, 2.45) is 0 Å². The Bertz CT molecular complexity index is 1090. The third kappa shape index (κ3) is 4.20. The van der Waals surface area contributed by atoms with Gasteiger partial charge in [-0.2, -0.15) is 9.78 Å². The number of amides is 2. The number of rotatable bonds is 5. The molecule has 0 spiro atoms. The molecule has 2 unspecified atom stereocenters. The molecule has 3 N–H and O–H groups in total. The molecule has 7 heteroatoms. The van der Waals surface area contributed by atoms with Gasteiger partial charge >= 0.3 is 6.03 Å². The van der Waals surface area contributed by atoms with Crippen molar-refractivity contribution in [1.82, 2.24) is 15.1 Å². The molecule has 2 amide bonds. The van der Waals surface area contributed by atoms with Crippen molar-refractivity contribution in [2.75, 3.05) is 5.32 Å². The molecule has 3 aromatic rings. The van der Waals surface area contributed by atoms with Crippen molar-refractivity contribution >= 4 is 17.6 Å². The average molecular weight is 404 g/mol. The highest BCUT2D eigenvalue weighted by molar-refractivity contribution is 5.89. The fourth-order valence-electron chi connectivity index (χ4n) is 3.72. The molecule has 0 radical (unpaired) electrons. The van der Waals surface area contributed by atoms with E-state index in [1.54, 1.807) is 24.4 Å². The number of aromatic hydroxyl groups is 1. The fourth-order valence-corrected chi connectivity index (χ4v) is 3.72. The number of anilines is 1. The van der Waals surface area contributed by atoms with Gasteiger partial charge in [0.15, 0.2) is 0 Å². The summed E-state index contributed by atoms with van der Waals surface area (Å²) in [6.07, 6.45) is 2.41. The van der Waals surface area contributed by atoms with Gasteiger partial charge in [0.25, 0.3) is 0 Å². The maximum absolute atomic E-state index is 12.7. The van der Waals surface area contributed by atoms with Crippen LogP contribution in [0.5, 0.6) is 5.75 Å². The zero-order chi connectivity index (χ0) is 21.3. The Morgan fingerprint density at radius 1 is 1.13 bits per heavy atom. The number of aryl methyl sites for hydroxylation is 1. The average Bonchev–Trinajstić information content (AvgIpc) is 3.35. The minimum absolute atomic E-state index is 0.0686. The number of aromatic nitrogens is 2. The molecule has 7 nitrogen and oxygen atoms in total. The zero-order valence-corrected chi connectivity index (χ0v) is 16.9. The molecule has 1 aliphatic rings. The molecular formula is C23H24N4O3. The van der Waals surface area contributed by atoms with Gasteiger partial charge in [-0.3, -0.25) is 4.79 Å². The van der Waals surface area contributed by atoms with Crippen LogP contribution in [0, 0.1) is 6.92 Å². The van der Waals surface area contributed by atoms with Gasteiger partial charge in [-0.25, -0.2) is 4.79 Å². The van der Waals surface area contributed by atoms with Gasteiger partial charge in [-0.05, 0) is 54.7 Å². The van der Waals surface area contributed by atoms with Gasteiger partial charge in [0, 0.05) is 31.3 Å². The van der Waals surface area contributed by atoms with Gasteiger partial charge in [-0.15, -0.1) is 0 Å². The van der Waals surface area contributed by atoms with Crippen LogP contribution in [0.3, 0.4) is 0 Å². The van der Waals surface area contributed by atoms with E-state index in [0.717, 1.165) is 23.2 Å². The Balaban J connectivity index is 1.46. The minimum atomic E-state index is -0.280. The van der Waals surface area contributed by atoms with E-state index in [1.165, 1.54) is 17.2 Å². The van der Waals surface area contributed by atoms with E-state index in [1.807, 2.05) is 37.3 Å². The number of benzene rings is 2. The molecule has 1 aliphatic carbocycles. The van der Waals surface area contributed by atoms with Crippen molar-refractivity contribution in [2.45, 2.75) is 38.6 Å². The predicted molar refractivity (Wildman–Crippen MR) is 114 cm³/mol.